The zero-order valence-corrected chi connectivity index (χ0v) is 18.8. The fraction of sp³-hybridized carbons (Fsp3) is 0.364. The van der Waals surface area contributed by atoms with Crippen molar-refractivity contribution in [1.82, 2.24) is 40.1 Å². The van der Waals surface area contributed by atoms with Gasteiger partial charge in [0.05, 0.1) is 6.54 Å². The van der Waals surface area contributed by atoms with Gasteiger partial charge in [-0.05, 0) is 31.4 Å². The molecule has 1 saturated carbocycles. The van der Waals surface area contributed by atoms with Crippen molar-refractivity contribution in [1.29, 1.82) is 0 Å². The topological polar surface area (TPSA) is 129 Å². The van der Waals surface area contributed by atoms with E-state index in [1.165, 1.54) is 12.8 Å². The van der Waals surface area contributed by atoms with Crippen molar-refractivity contribution in [2.45, 2.75) is 31.4 Å². The molecule has 6 rings (SSSR count). The van der Waals surface area contributed by atoms with Crippen LogP contribution < -0.4 is 15.5 Å². The van der Waals surface area contributed by atoms with E-state index in [4.69, 9.17) is 4.79 Å². The summed E-state index contributed by atoms with van der Waals surface area (Å²) in [5, 5.41) is 17.4. The molecular formula is C22H27FN10O. The first-order valence-corrected chi connectivity index (χ1v) is 11.1. The molecule has 5 heterocycles. The molecule has 178 valence electrons. The number of nitrogens with one attached hydrogen (secondary N) is 3. The number of aromatic nitrogens is 7. The molecule has 1 amide bonds. The van der Waals surface area contributed by atoms with Crippen molar-refractivity contribution < 1.29 is 9.18 Å². The molecule has 1 aliphatic heterocycles. The van der Waals surface area contributed by atoms with Crippen LogP contribution in [-0.4, -0.2) is 67.5 Å². The number of hydrogen-bond acceptors (Lipinski definition) is 8. The Bertz CT molecular complexity index is 1150. The Kier molecular flexibility index (Phi) is 7.58. The third-order valence-electron chi connectivity index (χ3n) is 5.25. The predicted molar refractivity (Wildman–Crippen MR) is 126 cm³/mol. The number of fused-ring (bicyclic) bond motifs is 1. The number of halogens is 1. The van der Waals surface area contributed by atoms with Gasteiger partial charge in [0, 0.05) is 62.3 Å². The standard InChI is InChI=1S/C16H18FN7.C4H4N2.C2H5NO/c17-11-5-7-23(9-11)16-19-15(13-2-1-6-24(13)22-16)18-14-8-12(20-21-14)10-3-4-10;1-2-6-4-3-5-1;1-3-2-4/h1-2,6,8,10-11H,3-5,7,9H2,(H2,18,19,20,21,22);1-4H;2H,1H3,(H,3,4)/t11-;;/m1../s1. The maximum atomic E-state index is 13.5. The molecular weight excluding hydrogens is 439 g/mol. The van der Waals surface area contributed by atoms with Gasteiger partial charge in [-0.25, -0.2) is 8.91 Å². The molecule has 0 spiro atoms. The molecule has 1 atom stereocenters. The minimum Gasteiger partial charge on any atom is -0.362 e. The zero-order valence-electron chi connectivity index (χ0n) is 18.8. The molecule has 1 saturated heterocycles. The molecule has 3 N–H and O–H groups in total. The second kappa shape index (κ2) is 11.2. The van der Waals surface area contributed by atoms with Crippen molar-refractivity contribution >= 4 is 29.5 Å². The first-order chi connectivity index (χ1) is 16.7. The summed E-state index contributed by atoms with van der Waals surface area (Å²) < 4.78 is 15.3. The number of rotatable bonds is 5. The van der Waals surface area contributed by atoms with Crippen molar-refractivity contribution in [2.75, 3.05) is 30.4 Å². The molecule has 12 heteroatoms. The number of alkyl halides is 1. The lowest BCUT2D eigenvalue weighted by Crippen LogP contribution is -2.23. The first kappa shape index (κ1) is 23.1. The molecule has 34 heavy (non-hydrogen) atoms. The number of anilines is 3. The van der Waals surface area contributed by atoms with Gasteiger partial charge in [0.15, 0.2) is 11.6 Å². The van der Waals surface area contributed by atoms with E-state index in [1.54, 1.807) is 36.4 Å². The van der Waals surface area contributed by atoms with Crippen molar-refractivity contribution in [3.63, 3.8) is 0 Å². The SMILES string of the molecule is CNC=O.F[C@@H]1CCN(c2nc(Nc3cc(C4CC4)[nH]n3)c3cccn3n2)C1.c1cnccn1. The lowest BCUT2D eigenvalue weighted by Gasteiger charge is -2.16. The molecule has 1 aliphatic carbocycles. The highest BCUT2D eigenvalue weighted by Crippen LogP contribution is 2.39. The highest BCUT2D eigenvalue weighted by Gasteiger charge is 2.27. The second-order valence-corrected chi connectivity index (χ2v) is 7.84. The zero-order chi connectivity index (χ0) is 23.8. The van der Waals surface area contributed by atoms with Gasteiger partial charge in [-0.2, -0.15) is 10.1 Å². The van der Waals surface area contributed by atoms with E-state index in [1.807, 2.05) is 29.3 Å². The van der Waals surface area contributed by atoms with Crippen LogP contribution in [0.5, 0.6) is 0 Å². The van der Waals surface area contributed by atoms with Crippen LogP contribution in [-0.2, 0) is 4.79 Å². The summed E-state index contributed by atoms with van der Waals surface area (Å²) in [4.78, 5) is 23.0. The quantitative estimate of drug-likeness (QED) is 0.383. The number of H-pyrrole nitrogens is 1. The molecule has 0 bridgehead atoms. The van der Waals surface area contributed by atoms with Crippen LogP contribution in [0.2, 0.25) is 0 Å². The van der Waals surface area contributed by atoms with E-state index in [0.29, 0.717) is 43.6 Å². The smallest absolute Gasteiger partial charge is 0.245 e. The second-order valence-electron chi connectivity index (χ2n) is 7.84. The van der Waals surface area contributed by atoms with Crippen LogP contribution in [0.25, 0.3) is 5.52 Å². The van der Waals surface area contributed by atoms with Crippen molar-refractivity contribution in [2.24, 2.45) is 0 Å². The van der Waals surface area contributed by atoms with Crippen LogP contribution in [0.3, 0.4) is 0 Å². The summed E-state index contributed by atoms with van der Waals surface area (Å²) in [7, 11) is 1.56. The monoisotopic (exact) mass is 466 g/mol. The van der Waals surface area contributed by atoms with E-state index in [-0.39, 0.29) is 0 Å². The molecule has 0 radical (unpaired) electrons. The minimum absolute atomic E-state index is 0.348. The molecule has 2 fully saturated rings. The van der Waals surface area contributed by atoms with Crippen LogP contribution in [0, 0.1) is 0 Å². The third kappa shape index (κ3) is 6.03. The van der Waals surface area contributed by atoms with Gasteiger partial charge in [-0.15, -0.1) is 5.10 Å². The average molecular weight is 467 g/mol. The largest absolute Gasteiger partial charge is 0.362 e. The maximum absolute atomic E-state index is 13.5. The van der Waals surface area contributed by atoms with Crippen molar-refractivity contribution in [3.8, 4) is 0 Å². The lowest BCUT2D eigenvalue weighted by molar-refractivity contribution is -0.109. The Labute approximate surface area is 195 Å². The lowest BCUT2D eigenvalue weighted by atomic mass is 10.3. The normalized spacial score (nSPS) is 16.8. The Morgan fingerprint density at radius 2 is 1.91 bits per heavy atom. The first-order valence-electron chi connectivity index (χ1n) is 11.1. The van der Waals surface area contributed by atoms with Crippen molar-refractivity contribution in [3.05, 3.63) is 54.9 Å². The van der Waals surface area contributed by atoms with Gasteiger partial charge in [0.25, 0.3) is 0 Å². The van der Waals surface area contributed by atoms with Gasteiger partial charge in [-0.1, -0.05) is 0 Å². The average Bonchev–Trinajstić information content (AvgIpc) is 3.23. The number of aromatic amines is 1. The number of carbonyl (C=O) groups is 1. The molecule has 4 aromatic rings. The summed E-state index contributed by atoms with van der Waals surface area (Å²) in [5.74, 6) is 2.59. The van der Waals surface area contributed by atoms with E-state index in [9.17, 15) is 4.39 Å². The Balaban J connectivity index is 0.000000230. The van der Waals surface area contributed by atoms with Crippen LogP contribution in [0.4, 0.5) is 22.0 Å². The summed E-state index contributed by atoms with van der Waals surface area (Å²) in [6.45, 7) is 0.988. The summed E-state index contributed by atoms with van der Waals surface area (Å²) in [6.07, 6.45) is 11.2. The number of nitrogens with zero attached hydrogens (tertiary/aromatic N) is 7. The minimum atomic E-state index is -0.808. The van der Waals surface area contributed by atoms with Crippen LogP contribution >= 0.6 is 0 Å². The number of amides is 1. The van der Waals surface area contributed by atoms with Gasteiger partial charge in [-0.3, -0.25) is 19.9 Å². The summed E-state index contributed by atoms with van der Waals surface area (Å²) >= 11 is 0. The van der Waals surface area contributed by atoms with E-state index in [0.717, 1.165) is 17.0 Å². The molecule has 4 aromatic heterocycles. The Hall–Kier alpha value is -4.09. The van der Waals surface area contributed by atoms with Crippen LogP contribution in [0.15, 0.2) is 49.2 Å². The molecule has 11 nitrogen and oxygen atoms in total. The van der Waals surface area contributed by atoms with Gasteiger partial charge >= 0.3 is 0 Å². The van der Waals surface area contributed by atoms with Gasteiger partial charge < -0.3 is 15.5 Å². The van der Waals surface area contributed by atoms with E-state index >= 15 is 0 Å². The highest BCUT2D eigenvalue weighted by atomic mass is 19.1. The summed E-state index contributed by atoms with van der Waals surface area (Å²) in [6, 6.07) is 5.90. The van der Waals surface area contributed by atoms with Crippen LogP contribution in [0.1, 0.15) is 30.9 Å². The fourth-order valence-electron chi connectivity index (χ4n) is 3.43. The third-order valence-corrected chi connectivity index (χ3v) is 5.25. The van der Waals surface area contributed by atoms with Gasteiger partial charge in [0.2, 0.25) is 12.4 Å². The highest BCUT2D eigenvalue weighted by molar-refractivity contribution is 5.73. The van der Waals surface area contributed by atoms with Gasteiger partial charge in [0.1, 0.15) is 11.7 Å². The Morgan fingerprint density at radius 1 is 1.18 bits per heavy atom. The molecule has 0 aromatic carbocycles. The predicted octanol–water partition coefficient (Wildman–Crippen LogP) is 2.46. The summed E-state index contributed by atoms with van der Waals surface area (Å²) in [5.41, 5.74) is 2.03. The Morgan fingerprint density at radius 3 is 2.50 bits per heavy atom. The maximum Gasteiger partial charge on any atom is 0.245 e. The van der Waals surface area contributed by atoms with E-state index in [2.05, 4.69) is 40.9 Å². The molecule has 2 aliphatic rings. The fourth-order valence-corrected chi connectivity index (χ4v) is 3.43. The number of carbonyl (C=O) groups excluding carboxylic acids is 1. The molecule has 0 unspecified atom stereocenters. The number of hydrogen-bond donors (Lipinski definition) is 3. The van der Waals surface area contributed by atoms with E-state index < -0.39 is 6.17 Å².